The van der Waals surface area contributed by atoms with Crippen molar-refractivity contribution in [1.82, 2.24) is 14.5 Å². The zero-order valence-electron chi connectivity index (χ0n) is 13.9. The third kappa shape index (κ3) is 3.72. The molecule has 2 fully saturated rings. The van der Waals surface area contributed by atoms with Gasteiger partial charge in [0.1, 0.15) is 0 Å². The molecule has 2 saturated heterocycles. The lowest BCUT2D eigenvalue weighted by Crippen LogP contribution is -2.46. The fourth-order valence-electron chi connectivity index (χ4n) is 3.68. The molecule has 2 aliphatic heterocycles. The lowest BCUT2D eigenvalue weighted by molar-refractivity contribution is -0.0355. The minimum atomic E-state index is -0.602. The van der Waals surface area contributed by atoms with Gasteiger partial charge in [-0.25, -0.2) is 4.98 Å². The van der Waals surface area contributed by atoms with Crippen molar-refractivity contribution < 1.29 is 9.84 Å². The van der Waals surface area contributed by atoms with E-state index in [9.17, 15) is 5.11 Å². The van der Waals surface area contributed by atoms with Crippen LogP contribution in [-0.4, -0.2) is 44.9 Å². The molecule has 2 aromatic heterocycles. The Hall–Kier alpha value is -1.21. The first-order chi connectivity index (χ1) is 11.7. The molecule has 0 aromatic carbocycles. The molecule has 0 spiro atoms. The Kier molecular flexibility index (Phi) is 4.72. The van der Waals surface area contributed by atoms with Crippen molar-refractivity contribution in [3.05, 3.63) is 40.6 Å². The van der Waals surface area contributed by atoms with E-state index in [-0.39, 0.29) is 0 Å². The second-order valence-corrected chi connectivity index (χ2v) is 8.24. The summed E-state index contributed by atoms with van der Waals surface area (Å²) in [5.74, 6) is 0. The number of piperidine rings is 1. The van der Waals surface area contributed by atoms with Crippen LogP contribution in [0.4, 0.5) is 0 Å². The highest BCUT2D eigenvalue weighted by Gasteiger charge is 2.32. The maximum absolute atomic E-state index is 10.8. The monoisotopic (exact) mass is 347 g/mol. The zero-order chi connectivity index (χ0) is 16.4. The van der Waals surface area contributed by atoms with Crippen molar-refractivity contribution in [1.29, 1.82) is 0 Å². The molecule has 130 valence electrons. The van der Waals surface area contributed by atoms with E-state index in [1.807, 2.05) is 22.1 Å². The lowest BCUT2D eigenvalue weighted by Gasteiger charge is -2.38. The van der Waals surface area contributed by atoms with Gasteiger partial charge in [0.2, 0.25) is 0 Å². The topological polar surface area (TPSA) is 50.5 Å². The van der Waals surface area contributed by atoms with Crippen LogP contribution in [-0.2, 0) is 17.8 Å². The van der Waals surface area contributed by atoms with Crippen molar-refractivity contribution in [3.63, 3.8) is 0 Å². The van der Waals surface area contributed by atoms with Gasteiger partial charge in [-0.1, -0.05) is 0 Å². The second kappa shape index (κ2) is 6.96. The number of nitrogens with zero attached hydrogens (tertiary/aromatic N) is 3. The molecular formula is C18H25N3O2S. The quantitative estimate of drug-likeness (QED) is 0.904. The number of aliphatic hydroxyl groups is 1. The molecule has 0 amide bonds. The van der Waals surface area contributed by atoms with E-state index in [1.54, 1.807) is 12.5 Å². The van der Waals surface area contributed by atoms with Crippen LogP contribution in [0.15, 0.2) is 30.9 Å². The van der Waals surface area contributed by atoms with Crippen LogP contribution in [0.1, 0.15) is 41.5 Å². The second-order valence-electron chi connectivity index (χ2n) is 7.04. The molecule has 5 nitrogen and oxygen atoms in total. The van der Waals surface area contributed by atoms with E-state index in [1.165, 1.54) is 16.2 Å². The van der Waals surface area contributed by atoms with E-state index in [0.29, 0.717) is 12.6 Å². The zero-order valence-corrected chi connectivity index (χ0v) is 14.7. The summed E-state index contributed by atoms with van der Waals surface area (Å²) in [5, 5.41) is 10.8. The minimum Gasteiger partial charge on any atom is -0.388 e. The first-order valence-electron chi connectivity index (χ1n) is 8.81. The maximum Gasteiger partial charge on any atom is 0.0946 e. The van der Waals surface area contributed by atoms with E-state index < -0.39 is 5.60 Å². The average Bonchev–Trinajstić information content (AvgIpc) is 3.31. The summed E-state index contributed by atoms with van der Waals surface area (Å²) in [7, 11) is 0. The van der Waals surface area contributed by atoms with Gasteiger partial charge in [-0.3, -0.25) is 4.90 Å². The van der Waals surface area contributed by atoms with Crippen molar-refractivity contribution in [2.75, 3.05) is 19.7 Å². The molecule has 1 N–H and O–H groups in total. The minimum absolute atomic E-state index is 0.324. The molecule has 24 heavy (non-hydrogen) atoms. The third-order valence-electron chi connectivity index (χ3n) is 5.13. The highest BCUT2D eigenvalue weighted by Crippen LogP contribution is 2.34. The highest BCUT2D eigenvalue weighted by atomic mass is 32.1. The standard InChI is InChI=1S/C18H25N3O2S/c22-18(13-21-10-7-19-14-21)5-8-20(9-6-18)12-15-3-4-17(24-15)16-2-1-11-23-16/h3-4,7,10,14,16,22H,1-2,5-6,8-9,11-13H2. The van der Waals surface area contributed by atoms with Gasteiger partial charge in [-0.2, -0.15) is 0 Å². The van der Waals surface area contributed by atoms with Gasteiger partial charge in [-0.15, -0.1) is 11.3 Å². The molecule has 0 aliphatic carbocycles. The average molecular weight is 347 g/mol. The Labute approximate surface area is 146 Å². The largest absolute Gasteiger partial charge is 0.388 e. The number of hydrogen-bond acceptors (Lipinski definition) is 5. The van der Waals surface area contributed by atoms with E-state index in [0.717, 1.165) is 45.5 Å². The molecule has 1 unspecified atom stereocenters. The number of likely N-dealkylation sites (tertiary alicyclic amines) is 1. The Morgan fingerprint density at radius 2 is 2.21 bits per heavy atom. The molecular weight excluding hydrogens is 322 g/mol. The highest BCUT2D eigenvalue weighted by molar-refractivity contribution is 7.12. The summed E-state index contributed by atoms with van der Waals surface area (Å²) >= 11 is 1.89. The maximum atomic E-state index is 10.8. The molecule has 4 rings (SSSR count). The fraction of sp³-hybridized carbons (Fsp3) is 0.611. The Morgan fingerprint density at radius 1 is 1.33 bits per heavy atom. The van der Waals surface area contributed by atoms with Crippen LogP contribution < -0.4 is 0 Å². The Balaban J connectivity index is 1.30. The smallest absolute Gasteiger partial charge is 0.0946 e. The lowest BCUT2D eigenvalue weighted by atomic mass is 9.91. The number of thiophene rings is 1. The number of aromatic nitrogens is 2. The van der Waals surface area contributed by atoms with E-state index in [4.69, 9.17) is 4.74 Å². The van der Waals surface area contributed by atoms with Gasteiger partial charge in [0.25, 0.3) is 0 Å². The third-order valence-corrected chi connectivity index (χ3v) is 6.29. The van der Waals surface area contributed by atoms with Gasteiger partial charge >= 0.3 is 0 Å². The van der Waals surface area contributed by atoms with Crippen LogP contribution in [0.2, 0.25) is 0 Å². The van der Waals surface area contributed by atoms with Gasteiger partial charge in [0.15, 0.2) is 0 Å². The van der Waals surface area contributed by atoms with Crippen LogP contribution in [0.25, 0.3) is 0 Å². The number of ether oxygens (including phenoxy) is 1. The molecule has 2 aromatic rings. The van der Waals surface area contributed by atoms with Crippen LogP contribution in [0.3, 0.4) is 0 Å². The first kappa shape index (κ1) is 16.3. The van der Waals surface area contributed by atoms with Crippen LogP contribution in [0, 0.1) is 0 Å². The summed E-state index contributed by atoms with van der Waals surface area (Å²) in [5.41, 5.74) is -0.602. The molecule has 0 saturated carbocycles. The van der Waals surface area contributed by atoms with Crippen molar-refractivity contribution in [2.45, 2.75) is 50.5 Å². The van der Waals surface area contributed by atoms with Gasteiger partial charge < -0.3 is 14.4 Å². The number of hydrogen-bond donors (Lipinski definition) is 1. The normalized spacial score (nSPS) is 24.5. The number of imidazole rings is 1. The summed E-state index contributed by atoms with van der Waals surface area (Å²) < 4.78 is 7.75. The van der Waals surface area contributed by atoms with Crippen molar-refractivity contribution in [2.24, 2.45) is 0 Å². The summed E-state index contributed by atoms with van der Waals surface area (Å²) in [6.07, 6.45) is 9.76. The summed E-state index contributed by atoms with van der Waals surface area (Å²) in [4.78, 5) is 9.28. The summed E-state index contributed by atoms with van der Waals surface area (Å²) in [6, 6.07) is 4.48. The Bertz CT molecular complexity index is 641. The van der Waals surface area contributed by atoms with Gasteiger partial charge in [0.05, 0.1) is 24.6 Å². The molecule has 6 heteroatoms. The predicted molar refractivity (Wildman–Crippen MR) is 93.9 cm³/mol. The molecule has 1 atom stereocenters. The van der Waals surface area contributed by atoms with Crippen LogP contribution >= 0.6 is 11.3 Å². The summed E-state index contributed by atoms with van der Waals surface area (Å²) in [6.45, 7) is 4.41. The Morgan fingerprint density at radius 3 is 2.92 bits per heavy atom. The fourth-order valence-corrected chi connectivity index (χ4v) is 4.82. The molecule has 4 heterocycles. The SMILES string of the molecule is OC1(Cn2ccnc2)CCN(Cc2ccc(C3CCCO3)s2)CC1. The molecule has 0 bridgehead atoms. The van der Waals surface area contributed by atoms with Gasteiger partial charge in [0, 0.05) is 48.4 Å². The van der Waals surface area contributed by atoms with E-state index in [2.05, 4.69) is 22.0 Å². The van der Waals surface area contributed by atoms with Crippen molar-refractivity contribution in [3.8, 4) is 0 Å². The van der Waals surface area contributed by atoms with Crippen LogP contribution in [0.5, 0.6) is 0 Å². The van der Waals surface area contributed by atoms with E-state index >= 15 is 0 Å². The first-order valence-corrected chi connectivity index (χ1v) is 9.63. The molecule has 2 aliphatic rings. The molecule has 0 radical (unpaired) electrons. The number of rotatable bonds is 5. The van der Waals surface area contributed by atoms with Gasteiger partial charge in [-0.05, 0) is 37.8 Å². The van der Waals surface area contributed by atoms with Crippen molar-refractivity contribution >= 4 is 11.3 Å². The predicted octanol–water partition coefficient (Wildman–Crippen LogP) is 2.82.